The van der Waals surface area contributed by atoms with Crippen molar-refractivity contribution in [2.45, 2.75) is 6.10 Å². The summed E-state index contributed by atoms with van der Waals surface area (Å²) in [5.41, 5.74) is 2.60. The highest BCUT2D eigenvalue weighted by molar-refractivity contribution is 6.06. The second-order valence-corrected chi connectivity index (χ2v) is 5.73. The molecule has 126 valence electrons. The number of hydrogen-bond acceptors (Lipinski definition) is 2. The van der Waals surface area contributed by atoms with Crippen LogP contribution in [0, 0.1) is 11.8 Å². The molecule has 0 spiro atoms. The maximum atomic E-state index is 12.7. The molecule has 0 heterocycles. The Balaban J connectivity index is 1.95. The van der Waals surface area contributed by atoms with Crippen LogP contribution in [0.15, 0.2) is 97.1 Å². The number of carbonyl (C=O) groups is 1. The van der Waals surface area contributed by atoms with E-state index >= 15 is 0 Å². The van der Waals surface area contributed by atoms with Crippen LogP contribution in [0.3, 0.4) is 0 Å². The third-order valence-corrected chi connectivity index (χ3v) is 3.93. The van der Waals surface area contributed by atoms with Crippen molar-refractivity contribution in [2.75, 3.05) is 0 Å². The maximum Gasteiger partial charge on any atom is 0.195 e. The van der Waals surface area contributed by atoms with E-state index in [1.807, 2.05) is 66.7 Å². The lowest BCUT2D eigenvalue weighted by Gasteiger charge is -2.14. The molecule has 1 N–H and O–H groups in total. The van der Waals surface area contributed by atoms with Gasteiger partial charge in [-0.05, 0) is 23.8 Å². The number of aliphatic hydroxyl groups excluding tert-OH is 1. The summed E-state index contributed by atoms with van der Waals surface area (Å²) in [4.78, 5) is 12.7. The van der Waals surface area contributed by atoms with Gasteiger partial charge < -0.3 is 5.11 Å². The quantitative estimate of drug-likeness (QED) is 0.567. The molecule has 0 bridgehead atoms. The van der Waals surface area contributed by atoms with E-state index in [0.717, 1.165) is 11.1 Å². The first kappa shape index (κ1) is 17.4. The second-order valence-electron chi connectivity index (χ2n) is 5.73. The number of rotatable bonds is 4. The van der Waals surface area contributed by atoms with Gasteiger partial charge in [0, 0.05) is 16.7 Å². The van der Waals surface area contributed by atoms with Gasteiger partial charge in [-0.25, -0.2) is 0 Å². The summed E-state index contributed by atoms with van der Waals surface area (Å²) >= 11 is 0. The lowest BCUT2D eigenvalue weighted by atomic mass is 9.94. The van der Waals surface area contributed by atoms with Crippen LogP contribution in [-0.2, 0) is 0 Å². The van der Waals surface area contributed by atoms with E-state index in [-0.39, 0.29) is 5.78 Å². The molecule has 0 aromatic heterocycles. The van der Waals surface area contributed by atoms with E-state index in [2.05, 4.69) is 11.8 Å². The van der Waals surface area contributed by atoms with Crippen LogP contribution >= 0.6 is 0 Å². The lowest BCUT2D eigenvalue weighted by Crippen LogP contribution is -2.22. The molecule has 1 atom stereocenters. The number of ketones is 1. The summed E-state index contributed by atoms with van der Waals surface area (Å²) in [6, 6.07) is 27.7. The lowest BCUT2D eigenvalue weighted by molar-refractivity contribution is 0.0833. The van der Waals surface area contributed by atoms with Gasteiger partial charge in [-0.2, -0.15) is 0 Å². The van der Waals surface area contributed by atoms with Crippen LogP contribution < -0.4 is 0 Å². The summed E-state index contributed by atoms with van der Waals surface area (Å²) in [5, 5.41) is 10.7. The van der Waals surface area contributed by atoms with Crippen molar-refractivity contribution in [3.05, 3.63) is 114 Å². The summed E-state index contributed by atoms with van der Waals surface area (Å²) in [6.45, 7) is 0. The Morgan fingerprint density at radius 1 is 0.769 bits per heavy atom. The Morgan fingerprint density at radius 2 is 1.27 bits per heavy atom. The standard InChI is InChI=1S/C24H18O2/c25-23(21-16-8-3-9-17-21)24(26)22(20-14-6-2-7-15-20)18-10-13-19-11-4-1-5-12-19/h1-9,11-12,14-18,24,26H. The molecule has 3 aromatic carbocycles. The van der Waals surface area contributed by atoms with Crippen molar-refractivity contribution >= 4 is 11.4 Å². The van der Waals surface area contributed by atoms with Crippen LogP contribution in [0.5, 0.6) is 0 Å². The van der Waals surface area contributed by atoms with E-state index in [0.29, 0.717) is 11.1 Å². The van der Waals surface area contributed by atoms with Crippen molar-refractivity contribution in [1.29, 1.82) is 0 Å². The summed E-state index contributed by atoms with van der Waals surface area (Å²) in [7, 11) is 0. The zero-order valence-electron chi connectivity index (χ0n) is 14.2. The monoisotopic (exact) mass is 338 g/mol. The highest BCUT2D eigenvalue weighted by atomic mass is 16.3. The molecule has 0 amide bonds. The van der Waals surface area contributed by atoms with Crippen LogP contribution in [0.1, 0.15) is 21.5 Å². The van der Waals surface area contributed by atoms with Crippen molar-refractivity contribution in [1.82, 2.24) is 0 Å². The minimum atomic E-state index is -1.27. The number of benzene rings is 3. The van der Waals surface area contributed by atoms with Crippen LogP contribution in [0.2, 0.25) is 0 Å². The third-order valence-electron chi connectivity index (χ3n) is 3.93. The topological polar surface area (TPSA) is 37.3 Å². The molecule has 0 aliphatic heterocycles. The van der Waals surface area contributed by atoms with Gasteiger partial charge in [-0.1, -0.05) is 90.7 Å². The van der Waals surface area contributed by atoms with Crippen molar-refractivity contribution in [3.63, 3.8) is 0 Å². The van der Waals surface area contributed by atoms with Gasteiger partial charge in [-0.15, -0.1) is 0 Å². The Kier molecular flexibility index (Phi) is 5.77. The van der Waals surface area contributed by atoms with Crippen LogP contribution in [-0.4, -0.2) is 17.0 Å². The Morgan fingerprint density at radius 3 is 1.85 bits per heavy atom. The molecule has 0 fully saturated rings. The van der Waals surface area contributed by atoms with Crippen LogP contribution in [0.25, 0.3) is 5.57 Å². The van der Waals surface area contributed by atoms with Gasteiger partial charge in [0.1, 0.15) is 6.10 Å². The fourth-order valence-electron chi connectivity index (χ4n) is 2.57. The fraction of sp³-hybridized carbons (Fsp3) is 0.0417. The van der Waals surface area contributed by atoms with Gasteiger partial charge in [0.15, 0.2) is 5.78 Å². The van der Waals surface area contributed by atoms with Crippen molar-refractivity contribution in [3.8, 4) is 11.8 Å². The Bertz CT molecular complexity index is 947. The molecular formula is C24H18O2. The first-order chi connectivity index (χ1) is 12.8. The minimum absolute atomic E-state index is 0.345. The molecule has 3 aromatic rings. The zero-order chi connectivity index (χ0) is 18.2. The fourth-order valence-corrected chi connectivity index (χ4v) is 2.57. The molecule has 0 aliphatic carbocycles. The average molecular weight is 338 g/mol. The van der Waals surface area contributed by atoms with E-state index in [1.54, 1.807) is 30.3 Å². The van der Waals surface area contributed by atoms with E-state index in [4.69, 9.17) is 0 Å². The highest BCUT2D eigenvalue weighted by Gasteiger charge is 2.22. The largest absolute Gasteiger partial charge is 0.380 e. The maximum absolute atomic E-state index is 12.7. The van der Waals surface area contributed by atoms with Gasteiger partial charge in [-0.3, -0.25) is 4.79 Å². The summed E-state index contributed by atoms with van der Waals surface area (Å²) < 4.78 is 0. The first-order valence-electron chi connectivity index (χ1n) is 8.35. The van der Waals surface area contributed by atoms with Crippen molar-refractivity contribution < 1.29 is 9.90 Å². The Labute approximate surface area is 153 Å². The minimum Gasteiger partial charge on any atom is -0.380 e. The molecule has 1 unspecified atom stereocenters. The molecule has 0 saturated carbocycles. The van der Waals surface area contributed by atoms with Gasteiger partial charge in [0.2, 0.25) is 0 Å². The van der Waals surface area contributed by atoms with E-state index < -0.39 is 6.10 Å². The second kappa shape index (κ2) is 8.62. The number of Topliss-reactive ketones (excluding diaryl/α,β-unsaturated/α-hetero) is 1. The molecule has 2 heteroatoms. The van der Waals surface area contributed by atoms with Gasteiger partial charge in [0.05, 0.1) is 0 Å². The predicted octanol–water partition coefficient (Wildman–Crippen LogP) is 4.37. The SMILES string of the molecule is O=C(c1ccccc1)C(O)C(=CC#Cc1ccccc1)c1ccccc1. The van der Waals surface area contributed by atoms with Crippen LogP contribution in [0.4, 0.5) is 0 Å². The number of allylic oxidation sites excluding steroid dienone is 1. The molecule has 0 radical (unpaired) electrons. The normalized spacial score (nSPS) is 12.0. The number of hydrogen-bond donors (Lipinski definition) is 1. The molecule has 2 nitrogen and oxygen atoms in total. The van der Waals surface area contributed by atoms with E-state index in [1.165, 1.54) is 0 Å². The third kappa shape index (κ3) is 4.36. The van der Waals surface area contributed by atoms with Gasteiger partial charge in [0.25, 0.3) is 0 Å². The first-order valence-corrected chi connectivity index (χ1v) is 8.35. The van der Waals surface area contributed by atoms with Crippen molar-refractivity contribution in [2.24, 2.45) is 0 Å². The molecule has 26 heavy (non-hydrogen) atoms. The number of carbonyl (C=O) groups excluding carboxylic acids is 1. The zero-order valence-corrected chi connectivity index (χ0v) is 14.2. The predicted molar refractivity (Wildman–Crippen MR) is 105 cm³/mol. The van der Waals surface area contributed by atoms with E-state index in [9.17, 15) is 9.90 Å². The highest BCUT2D eigenvalue weighted by Crippen LogP contribution is 2.21. The molecule has 0 aliphatic rings. The summed E-state index contributed by atoms with van der Waals surface area (Å²) in [6.07, 6.45) is 0.346. The Hall–Kier alpha value is -3.41. The molecular weight excluding hydrogens is 320 g/mol. The smallest absolute Gasteiger partial charge is 0.195 e. The molecule has 0 saturated heterocycles. The average Bonchev–Trinajstić information content (AvgIpc) is 2.72. The number of aliphatic hydroxyl groups is 1. The van der Waals surface area contributed by atoms with Gasteiger partial charge >= 0.3 is 0 Å². The molecule has 3 rings (SSSR count). The summed E-state index contributed by atoms with van der Waals surface area (Å²) in [5.74, 6) is 5.65.